The van der Waals surface area contributed by atoms with Crippen LogP contribution < -0.4 is 5.32 Å². The summed E-state index contributed by atoms with van der Waals surface area (Å²) >= 11 is 1.24. The number of aryl methyl sites for hydroxylation is 2. The van der Waals surface area contributed by atoms with Crippen molar-refractivity contribution in [1.82, 2.24) is 20.3 Å². The molecule has 22 heavy (non-hydrogen) atoms. The van der Waals surface area contributed by atoms with Crippen molar-refractivity contribution in [3.8, 4) is 6.07 Å². The summed E-state index contributed by atoms with van der Waals surface area (Å²) in [6.07, 6.45) is 1.68. The highest BCUT2D eigenvalue weighted by atomic mass is 32.2. The lowest BCUT2D eigenvalue weighted by atomic mass is 10.3. The first-order valence-corrected chi connectivity index (χ1v) is 7.63. The zero-order chi connectivity index (χ0) is 15.9. The van der Waals surface area contributed by atoms with Crippen LogP contribution in [0.4, 0.5) is 0 Å². The summed E-state index contributed by atoms with van der Waals surface area (Å²) in [6.45, 7) is 3.91. The molecule has 7 heteroatoms. The number of carbonyl (C=O) groups excluding carboxylic acids is 1. The molecule has 0 bridgehead atoms. The monoisotopic (exact) mass is 313 g/mol. The number of hydrogen-bond acceptors (Lipinski definition) is 6. The second-order valence-corrected chi connectivity index (χ2v) is 5.50. The van der Waals surface area contributed by atoms with Crippen LogP contribution in [0.15, 0.2) is 29.4 Å². The van der Waals surface area contributed by atoms with Gasteiger partial charge in [-0.15, -0.1) is 0 Å². The topological polar surface area (TPSA) is 91.6 Å². The van der Waals surface area contributed by atoms with Crippen LogP contribution in [0.1, 0.15) is 22.8 Å². The molecule has 112 valence electrons. The van der Waals surface area contributed by atoms with Gasteiger partial charge in [-0.05, 0) is 26.0 Å². The number of thioether (sulfide) groups is 1. The molecule has 0 aromatic carbocycles. The first kappa shape index (κ1) is 15.9. The molecule has 0 spiro atoms. The van der Waals surface area contributed by atoms with E-state index in [9.17, 15) is 4.79 Å². The van der Waals surface area contributed by atoms with Gasteiger partial charge in [0.2, 0.25) is 5.91 Å². The minimum atomic E-state index is -0.131. The Morgan fingerprint density at radius 1 is 1.36 bits per heavy atom. The van der Waals surface area contributed by atoms with E-state index in [4.69, 9.17) is 5.26 Å². The fourth-order valence-electron chi connectivity index (χ4n) is 1.79. The van der Waals surface area contributed by atoms with E-state index in [0.29, 0.717) is 28.7 Å². The van der Waals surface area contributed by atoms with Crippen molar-refractivity contribution in [2.45, 2.75) is 25.4 Å². The van der Waals surface area contributed by atoms with E-state index in [-0.39, 0.29) is 11.7 Å². The van der Waals surface area contributed by atoms with Gasteiger partial charge in [-0.1, -0.05) is 17.8 Å². The highest BCUT2D eigenvalue weighted by Gasteiger charge is 2.12. The molecule has 2 aromatic heterocycles. The highest BCUT2D eigenvalue weighted by molar-refractivity contribution is 8.00. The first-order chi connectivity index (χ1) is 10.6. The predicted octanol–water partition coefficient (Wildman–Crippen LogP) is 1.77. The standard InChI is InChI=1S/C15H15N5OS/c1-10-13(7-16)15(20-11(2)19-10)22-9-14(21)18-8-12-5-3-4-6-17-12/h3-6H,8-9H2,1-2H3,(H,18,21). The highest BCUT2D eigenvalue weighted by Crippen LogP contribution is 2.21. The minimum Gasteiger partial charge on any atom is -0.350 e. The Morgan fingerprint density at radius 2 is 2.18 bits per heavy atom. The van der Waals surface area contributed by atoms with Crippen molar-refractivity contribution in [3.05, 3.63) is 47.2 Å². The van der Waals surface area contributed by atoms with Gasteiger partial charge in [0.15, 0.2) is 0 Å². The third-order valence-electron chi connectivity index (χ3n) is 2.81. The van der Waals surface area contributed by atoms with Gasteiger partial charge in [0.25, 0.3) is 0 Å². The molecule has 0 radical (unpaired) electrons. The fourth-order valence-corrected chi connectivity index (χ4v) is 2.70. The van der Waals surface area contributed by atoms with Gasteiger partial charge in [-0.3, -0.25) is 9.78 Å². The molecule has 2 rings (SSSR count). The van der Waals surface area contributed by atoms with Crippen LogP contribution in [0.5, 0.6) is 0 Å². The summed E-state index contributed by atoms with van der Waals surface area (Å²) < 4.78 is 0. The van der Waals surface area contributed by atoms with Gasteiger partial charge in [0, 0.05) is 6.20 Å². The van der Waals surface area contributed by atoms with Crippen molar-refractivity contribution in [1.29, 1.82) is 5.26 Å². The average Bonchev–Trinajstić information content (AvgIpc) is 2.51. The van der Waals surface area contributed by atoms with Crippen LogP contribution in [-0.2, 0) is 11.3 Å². The molecule has 0 aliphatic carbocycles. The number of hydrogen-bond donors (Lipinski definition) is 1. The Kier molecular flexibility index (Phi) is 5.44. The molecule has 0 atom stereocenters. The SMILES string of the molecule is Cc1nc(C)c(C#N)c(SCC(=O)NCc2ccccn2)n1. The number of rotatable bonds is 5. The normalized spacial score (nSPS) is 10.0. The molecule has 0 saturated heterocycles. The molecular formula is C15H15N5OS. The predicted molar refractivity (Wildman–Crippen MR) is 83.0 cm³/mol. The lowest BCUT2D eigenvalue weighted by Gasteiger charge is -2.07. The van der Waals surface area contributed by atoms with E-state index in [2.05, 4.69) is 26.3 Å². The zero-order valence-electron chi connectivity index (χ0n) is 12.3. The number of carbonyl (C=O) groups is 1. The van der Waals surface area contributed by atoms with Crippen LogP contribution >= 0.6 is 11.8 Å². The number of nitriles is 1. The molecule has 0 unspecified atom stereocenters. The van der Waals surface area contributed by atoms with Crippen LogP contribution in [0.3, 0.4) is 0 Å². The van der Waals surface area contributed by atoms with Crippen molar-refractivity contribution in [2.24, 2.45) is 0 Å². The van der Waals surface area contributed by atoms with E-state index >= 15 is 0 Å². The number of aromatic nitrogens is 3. The molecule has 6 nitrogen and oxygen atoms in total. The van der Waals surface area contributed by atoms with Crippen LogP contribution in [0.25, 0.3) is 0 Å². The van der Waals surface area contributed by atoms with E-state index in [1.807, 2.05) is 18.2 Å². The number of amides is 1. The number of nitrogens with zero attached hydrogens (tertiary/aromatic N) is 4. The molecule has 0 aliphatic rings. The Morgan fingerprint density at radius 3 is 2.86 bits per heavy atom. The van der Waals surface area contributed by atoms with Gasteiger partial charge in [-0.2, -0.15) is 5.26 Å². The van der Waals surface area contributed by atoms with E-state index < -0.39 is 0 Å². The van der Waals surface area contributed by atoms with E-state index in [1.54, 1.807) is 20.0 Å². The van der Waals surface area contributed by atoms with Crippen LogP contribution in [0.2, 0.25) is 0 Å². The largest absolute Gasteiger partial charge is 0.350 e. The Hall–Kier alpha value is -2.46. The quantitative estimate of drug-likeness (QED) is 0.668. The molecule has 2 aromatic rings. The second-order valence-electron chi connectivity index (χ2n) is 4.53. The Balaban J connectivity index is 1.93. The molecular weight excluding hydrogens is 298 g/mol. The van der Waals surface area contributed by atoms with E-state index in [0.717, 1.165) is 5.69 Å². The summed E-state index contributed by atoms with van der Waals surface area (Å²) in [6, 6.07) is 7.62. The maximum absolute atomic E-state index is 11.9. The van der Waals surface area contributed by atoms with Gasteiger partial charge < -0.3 is 5.32 Å². The summed E-state index contributed by atoms with van der Waals surface area (Å²) in [5.41, 5.74) is 1.85. The maximum Gasteiger partial charge on any atom is 0.230 e. The van der Waals surface area contributed by atoms with Gasteiger partial charge in [-0.25, -0.2) is 9.97 Å². The Labute approximate surface area is 133 Å². The van der Waals surface area contributed by atoms with Crippen molar-refractivity contribution in [3.63, 3.8) is 0 Å². The fraction of sp³-hybridized carbons (Fsp3) is 0.267. The Bertz CT molecular complexity index is 712. The minimum absolute atomic E-state index is 0.131. The van der Waals surface area contributed by atoms with Crippen molar-refractivity contribution >= 4 is 17.7 Å². The lowest BCUT2D eigenvalue weighted by molar-refractivity contribution is -0.118. The second kappa shape index (κ2) is 7.52. The van der Waals surface area contributed by atoms with Gasteiger partial charge in [0.1, 0.15) is 22.5 Å². The molecule has 1 N–H and O–H groups in total. The number of pyridine rings is 1. The van der Waals surface area contributed by atoms with Crippen LogP contribution in [0, 0.1) is 25.2 Å². The summed E-state index contributed by atoms with van der Waals surface area (Å²) in [5, 5.41) is 12.5. The van der Waals surface area contributed by atoms with Crippen molar-refractivity contribution < 1.29 is 4.79 Å². The zero-order valence-corrected chi connectivity index (χ0v) is 13.1. The van der Waals surface area contributed by atoms with Crippen molar-refractivity contribution in [2.75, 3.05) is 5.75 Å². The lowest BCUT2D eigenvalue weighted by Crippen LogP contribution is -2.25. The molecule has 0 aliphatic heterocycles. The molecule has 0 fully saturated rings. The van der Waals surface area contributed by atoms with Crippen LogP contribution in [-0.4, -0.2) is 26.6 Å². The molecule has 0 saturated carbocycles. The maximum atomic E-state index is 11.9. The molecule has 1 amide bonds. The first-order valence-electron chi connectivity index (χ1n) is 6.65. The number of nitrogens with one attached hydrogen (secondary N) is 1. The van der Waals surface area contributed by atoms with E-state index in [1.165, 1.54) is 11.8 Å². The van der Waals surface area contributed by atoms with Gasteiger partial charge in [0.05, 0.1) is 23.7 Å². The summed E-state index contributed by atoms with van der Waals surface area (Å²) in [4.78, 5) is 24.4. The third-order valence-corrected chi connectivity index (χ3v) is 3.79. The summed E-state index contributed by atoms with van der Waals surface area (Å²) in [5.74, 6) is 0.651. The average molecular weight is 313 g/mol. The summed E-state index contributed by atoms with van der Waals surface area (Å²) in [7, 11) is 0. The third kappa shape index (κ3) is 4.27. The van der Waals surface area contributed by atoms with Gasteiger partial charge >= 0.3 is 0 Å². The smallest absolute Gasteiger partial charge is 0.230 e. The molecule has 2 heterocycles.